The summed E-state index contributed by atoms with van der Waals surface area (Å²) in [5.41, 5.74) is 18.3. The van der Waals surface area contributed by atoms with Crippen LogP contribution in [-0.4, -0.2) is 151 Å². The Balaban J connectivity index is 1.60. The number of nitrogens with two attached hydrogens (primary N) is 3. The average molecular weight is 1060 g/mol. The first-order valence-electron chi connectivity index (χ1n) is 25.4. The van der Waals surface area contributed by atoms with Crippen molar-refractivity contribution in [1.29, 1.82) is 0 Å². The predicted octanol–water partition coefficient (Wildman–Crippen LogP) is -0.781. The second-order valence-corrected chi connectivity index (χ2v) is 18.8. The van der Waals surface area contributed by atoms with Crippen molar-refractivity contribution in [2.45, 2.75) is 146 Å². The fourth-order valence-corrected chi connectivity index (χ4v) is 8.49. The summed E-state index contributed by atoms with van der Waals surface area (Å²) in [6.07, 6.45) is 4.05. The third-order valence-corrected chi connectivity index (χ3v) is 12.9. The van der Waals surface area contributed by atoms with Crippen LogP contribution < -0.4 is 49.1 Å². The lowest BCUT2D eigenvalue weighted by Crippen LogP contribution is -2.61. The third-order valence-electron chi connectivity index (χ3n) is 12.9. The van der Waals surface area contributed by atoms with Gasteiger partial charge in [0.05, 0.1) is 18.8 Å². The number of phenolic OH excluding ortho intramolecular Hbond substituents is 1. The molecule has 0 aliphatic carbocycles. The molecule has 4 rings (SSSR count). The zero-order valence-electron chi connectivity index (χ0n) is 43.0. The Labute approximate surface area is 440 Å². The maximum atomic E-state index is 14.6. The molecule has 25 heteroatoms. The highest BCUT2D eigenvalue weighted by molar-refractivity contribution is 5.98. The van der Waals surface area contributed by atoms with Gasteiger partial charge in [0, 0.05) is 44.2 Å². The van der Waals surface area contributed by atoms with Crippen LogP contribution in [-0.2, 0) is 62.4 Å². The first-order chi connectivity index (χ1) is 36.2. The maximum Gasteiger partial charge on any atom is 0.326 e. The number of nitrogens with one attached hydrogen (secondary N) is 7. The molecule has 9 atom stereocenters. The molecule has 0 spiro atoms. The van der Waals surface area contributed by atoms with Crippen molar-refractivity contribution in [1.82, 2.24) is 46.8 Å². The largest absolute Gasteiger partial charge is 0.508 e. The second kappa shape index (κ2) is 30.3. The van der Waals surface area contributed by atoms with Crippen molar-refractivity contribution < 1.29 is 58.5 Å². The number of likely N-dealkylation sites (tertiary alicyclic amines) is 1. The number of hydrogen-bond acceptors (Lipinski definition) is 13. The highest BCUT2D eigenvalue weighted by atomic mass is 16.4. The number of rotatable bonds is 31. The van der Waals surface area contributed by atoms with Gasteiger partial charge >= 0.3 is 11.9 Å². The van der Waals surface area contributed by atoms with E-state index in [2.05, 4.69) is 46.9 Å². The number of unbranched alkanes of at least 4 members (excludes halogenated alkanes) is 1. The number of phenols is 1. The molecular formula is C51H73N13O12. The second-order valence-electron chi connectivity index (χ2n) is 18.8. The number of aliphatic carboxylic acids is 2. The summed E-state index contributed by atoms with van der Waals surface area (Å²) in [5.74, 6) is -8.92. The fourth-order valence-electron chi connectivity index (χ4n) is 8.49. The Morgan fingerprint density at radius 2 is 1.33 bits per heavy atom. The average Bonchev–Trinajstić information content (AvgIpc) is 4.10. The number of carboxylic acid groups (broad SMARTS) is 2. The van der Waals surface area contributed by atoms with Gasteiger partial charge in [-0.25, -0.2) is 9.78 Å². The highest BCUT2D eigenvalue weighted by Gasteiger charge is 2.41. The molecule has 414 valence electrons. The van der Waals surface area contributed by atoms with Gasteiger partial charge in [-0.1, -0.05) is 82.5 Å². The summed E-state index contributed by atoms with van der Waals surface area (Å²) in [5, 5.41) is 45.3. The summed E-state index contributed by atoms with van der Waals surface area (Å²) in [4.78, 5) is 135. The Morgan fingerprint density at radius 3 is 1.92 bits per heavy atom. The summed E-state index contributed by atoms with van der Waals surface area (Å²) in [7, 11) is 0. The van der Waals surface area contributed by atoms with Gasteiger partial charge in [-0.05, 0) is 61.3 Å². The number of aromatic nitrogens is 2. The van der Waals surface area contributed by atoms with Crippen molar-refractivity contribution >= 4 is 59.2 Å². The van der Waals surface area contributed by atoms with E-state index in [1.807, 2.05) is 6.92 Å². The number of aromatic amines is 1. The molecule has 16 N–H and O–H groups in total. The number of aromatic hydroxyl groups is 1. The lowest BCUT2D eigenvalue weighted by Gasteiger charge is -2.32. The zero-order chi connectivity index (χ0) is 55.9. The van der Waals surface area contributed by atoms with Gasteiger partial charge in [-0.3, -0.25) is 43.3 Å². The van der Waals surface area contributed by atoms with Crippen LogP contribution in [0.1, 0.15) is 95.4 Å². The van der Waals surface area contributed by atoms with E-state index >= 15 is 0 Å². The smallest absolute Gasteiger partial charge is 0.326 e. The topological polar surface area (TPSA) is 409 Å². The van der Waals surface area contributed by atoms with Crippen molar-refractivity contribution in [3.05, 3.63) is 83.9 Å². The lowest BCUT2D eigenvalue weighted by atomic mass is 9.96. The number of aliphatic imine (C=N–C) groups is 1. The number of H-pyrrole nitrogens is 1. The number of nitrogens with zero attached hydrogens (tertiary/aromatic N) is 3. The normalized spacial score (nSPS) is 16.2. The number of carbonyl (C=O) groups is 9. The van der Waals surface area contributed by atoms with Crippen molar-refractivity contribution in [2.75, 3.05) is 13.1 Å². The van der Waals surface area contributed by atoms with E-state index in [9.17, 15) is 58.5 Å². The molecule has 0 saturated carbocycles. The third kappa shape index (κ3) is 19.3. The summed E-state index contributed by atoms with van der Waals surface area (Å²) >= 11 is 0. The van der Waals surface area contributed by atoms with E-state index < -0.39 is 114 Å². The molecule has 2 aromatic carbocycles. The first-order valence-corrected chi connectivity index (χ1v) is 25.4. The first kappa shape index (κ1) is 60.5. The lowest BCUT2D eigenvalue weighted by molar-refractivity contribution is -0.145. The van der Waals surface area contributed by atoms with Crippen LogP contribution in [0.15, 0.2) is 72.1 Å². The van der Waals surface area contributed by atoms with Crippen molar-refractivity contribution in [3.63, 3.8) is 0 Å². The monoisotopic (exact) mass is 1060 g/mol. The van der Waals surface area contributed by atoms with Gasteiger partial charge in [-0.15, -0.1) is 0 Å². The molecule has 1 aliphatic rings. The van der Waals surface area contributed by atoms with E-state index in [0.717, 1.165) is 0 Å². The molecule has 1 aromatic heterocycles. The number of amides is 7. The molecule has 1 aliphatic heterocycles. The Kier molecular flexibility index (Phi) is 24.1. The minimum absolute atomic E-state index is 0.000985. The molecule has 7 amide bonds. The van der Waals surface area contributed by atoms with Crippen molar-refractivity contribution in [3.8, 4) is 5.75 Å². The molecule has 1 fully saturated rings. The minimum Gasteiger partial charge on any atom is -0.508 e. The minimum atomic E-state index is -1.51. The maximum absolute atomic E-state index is 14.6. The molecular weight excluding hydrogens is 987 g/mol. The number of carboxylic acids is 2. The summed E-state index contributed by atoms with van der Waals surface area (Å²) in [6, 6.07) is 4.08. The van der Waals surface area contributed by atoms with E-state index in [1.165, 1.54) is 41.7 Å². The van der Waals surface area contributed by atoms with Gasteiger partial charge in [0.2, 0.25) is 41.4 Å². The number of guanidine groups is 1. The molecule has 76 heavy (non-hydrogen) atoms. The van der Waals surface area contributed by atoms with Crippen LogP contribution in [0.2, 0.25) is 0 Å². The van der Waals surface area contributed by atoms with Crippen LogP contribution in [0.3, 0.4) is 0 Å². The SMILES string of the molecule is CCCC[C@H](NC(=O)[C@H](CCCN=C(N)N)NC(=O)[C@@H](N)CC(=O)O)C(=O)N[C@@H](Cc1ccc(O)cc1)C(=O)N[C@H](C(=O)N[C@@H](Cc1cnc[nH]1)C(=O)N1CCC[C@H]1C(=O)N[C@@H](Cc1ccccc1)C(=O)O)[C@@H](C)CC. The van der Waals surface area contributed by atoms with Crippen LogP contribution in [0.4, 0.5) is 0 Å². The molecule has 0 radical (unpaired) electrons. The van der Waals surface area contributed by atoms with Crippen LogP contribution in [0.25, 0.3) is 0 Å². The molecule has 0 bridgehead atoms. The molecule has 1 saturated heterocycles. The fraction of sp³-hybridized carbons (Fsp3) is 0.510. The molecule has 0 unspecified atom stereocenters. The van der Waals surface area contributed by atoms with E-state index in [1.54, 1.807) is 44.2 Å². The van der Waals surface area contributed by atoms with E-state index in [4.69, 9.17) is 17.2 Å². The standard InChI is InChI=1S/C51H73N13O12/c1-4-6-14-35(59-44(69)36(15-10-21-56-51(53)54)58-43(68)34(52)26-41(66)67)45(70)60-37(23-31-17-19-33(65)20-18-31)46(71)63-42(29(3)5-2)48(73)61-38(25-32-27-55-28-57-32)49(74)64-22-11-16-40(64)47(72)62-39(50(75)76)24-30-12-8-7-9-13-30/h7-9,12-13,17-20,27-29,34-40,42,65H,4-6,10-11,14-16,21-26,52H2,1-3H3,(H,55,57)(H,58,68)(H,59,69)(H,60,70)(H,61,73)(H,62,72)(H,63,71)(H,66,67)(H,75,76)(H4,53,54,56)/t29-,34-,35-,36-,37-,38-,39-,40-,42-/m0/s1. The van der Waals surface area contributed by atoms with E-state index in [-0.39, 0.29) is 69.7 Å². The van der Waals surface area contributed by atoms with Crippen molar-refractivity contribution in [2.24, 2.45) is 28.1 Å². The zero-order valence-corrected chi connectivity index (χ0v) is 43.0. The Hall–Kier alpha value is -8.09. The van der Waals surface area contributed by atoms with Crippen LogP contribution in [0.5, 0.6) is 5.75 Å². The number of hydrogen-bond donors (Lipinski definition) is 13. The quantitative estimate of drug-likeness (QED) is 0.0214. The van der Waals surface area contributed by atoms with Crippen LogP contribution in [0, 0.1) is 5.92 Å². The molecule has 25 nitrogen and oxygen atoms in total. The number of carbonyl (C=O) groups excluding carboxylic acids is 7. The van der Waals surface area contributed by atoms with Gasteiger partial charge in [0.1, 0.15) is 48.0 Å². The predicted molar refractivity (Wildman–Crippen MR) is 277 cm³/mol. The summed E-state index contributed by atoms with van der Waals surface area (Å²) in [6.45, 7) is 5.54. The van der Waals surface area contributed by atoms with Crippen LogP contribution >= 0.6 is 0 Å². The number of benzene rings is 2. The number of imidazole rings is 1. The molecule has 2 heterocycles. The Morgan fingerprint density at radius 1 is 0.737 bits per heavy atom. The molecule has 3 aromatic rings. The van der Waals surface area contributed by atoms with Gasteiger partial charge in [0.15, 0.2) is 5.96 Å². The van der Waals surface area contributed by atoms with Gasteiger partial charge in [0.25, 0.3) is 0 Å². The van der Waals surface area contributed by atoms with Gasteiger partial charge in [-0.2, -0.15) is 0 Å². The van der Waals surface area contributed by atoms with E-state index in [0.29, 0.717) is 42.5 Å². The summed E-state index contributed by atoms with van der Waals surface area (Å²) < 4.78 is 0. The highest BCUT2D eigenvalue weighted by Crippen LogP contribution is 2.21. The van der Waals surface area contributed by atoms with Gasteiger partial charge < -0.3 is 74.3 Å². The Bertz CT molecular complexity index is 2460.